The van der Waals surface area contributed by atoms with Gasteiger partial charge in [0, 0.05) is 25.2 Å². The Hall–Kier alpha value is -0.436. The van der Waals surface area contributed by atoms with Gasteiger partial charge in [0.25, 0.3) is 0 Å². The van der Waals surface area contributed by atoms with Crippen LogP contribution >= 0.6 is 0 Å². The van der Waals surface area contributed by atoms with E-state index in [0.29, 0.717) is 13.2 Å². The lowest BCUT2D eigenvalue weighted by Crippen LogP contribution is -2.44. The minimum Gasteiger partial charge on any atom is -0.457 e. The van der Waals surface area contributed by atoms with Gasteiger partial charge in [0.1, 0.15) is 5.60 Å². The standard InChI is InChI=1S/C22H46O4Si2/c1-20(2,3)26-19(23)15-14-18(16-24-27(10,11)21(4,5)6)17-25-28(12,13)22(7,8)9/h14-15,18H,16-17H2,1-13H3/b15-14+. The lowest BCUT2D eigenvalue weighted by atomic mass is 10.1. The van der Waals surface area contributed by atoms with Gasteiger partial charge in [-0.25, -0.2) is 4.79 Å². The van der Waals surface area contributed by atoms with E-state index in [-0.39, 0.29) is 22.0 Å². The first-order chi connectivity index (χ1) is 12.2. The minimum atomic E-state index is -1.87. The van der Waals surface area contributed by atoms with Crippen LogP contribution in [0.1, 0.15) is 62.3 Å². The van der Waals surface area contributed by atoms with E-state index in [4.69, 9.17) is 13.6 Å². The molecule has 0 aromatic heterocycles. The highest BCUT2D eigenvalue weighted by Crippen LogP contribution is 2.38. The number of ether oxygens (including phenoxy) is 1. The van der Waals surface area contributed by atoms with E-state index >= 15 is 0 Å². The summed E-state index contributed by atoms with van der Waals surface area (Å²) in [5, 5.41) is 0.291. The second-order valence-corrected chi connectivity index (χ2v) is 21.4. The molecule has 0 fully saturated rings. The van der Waals surface area contributed by atoms with Crippen molar-refractivity contribution < 1.29 is 18.4 Å². The fourth-order valence-electron chi connectivity index (χ4n) is 1.77. The lowest BCUT2D eigenvalue weighted by molar-refractivity contribution is -0.148. The molecule has 0 unspecified atom stereocenters. The van der Waals surface area contributed by atoms with Crippen molar-refractivity contribution in [3.05, 3.63) is 12.2 Å². The molecule has 0 N–H and O–H groups in total. The number of rotatable bonds is 8. The molecule has 0 aliphatic rings. The molecule has 0 radical (unpaired) electrons. The van der Waals surface area contributed by atoms with E-state index in [9.17, 15) is 4.79 Å². The van der Waals surface area contributed by atoms with Crippen LogP contribution in [0.4, 0.5) is 0 Å². The topological polar surface area (TPSA) is 44.8 Å². The van der Waals surface area contributed by atoms with Crippen molar-refractivity contribution in [2.45, 2.75) is 104 Å². The van der Waals surface area contributed by atoms with Crippen molar-refractivity contribution in [2.24, 2.45) is 5.92 Å². The van der Waals surface area contributed by atoms with Crippen LogP contribution in [0.3, 0.4) is 0 Å². The molecule has 0 heterocycles. The van der Waals surface area contributed by atoms with Crippen LogP contribution in [-0.4, -0.2) is 41.4 Å². The van der Waals surface area contributed by atoms with Gasteiger partial charge in [0.2, 0.25) is 0 Å². The Balaban J connectivity index is 5.25. The first-order valence-corrected chi connectivity index (χ1v) is 16.2. The molecule has 28 heavy (non-hydrogen) atoms. The number of carbonyl (C=O) groups excluding carboxylic acids is 1. The SMILES string of the molecule is CC(C)(C)OC(=O)/C=C/C(CO[Si](C)(C)C(C)(C)C)CO[Si](C)(C)C(C)(C)C. The van der Waals surface area contributed by atoms with Gasteiger partial charge in [-0.3, -0.25) is 0 Å². The molecule has 0 aromatic carbocycles. The molecule has 166 valence electrons. The maximum atomic E-state index is 12.1. The Bertz CT molecular complexity index is 502. The highest BCUT2D eigenvalue weighted by atomic mass is 28.4. The lowest BCUT2D eigenvalue weighted by Gasteiger charge is -2.39. The summed E-state index contributed by atoms with van der Waals surface area (Å²) in [5.41, 5.74) is -0.494. The molecule has 0 saturated heterocycles. The zero-order valence-electron chi connectivity index (χ0n) is 20.8. The van der Waals surface area contributed by atoms with Gasteiger partial charge in [0.05, 0.1) is 0 Å². The Labute approximate surface area is 176 Å². The van der Waals surface area contributed by atoms with E-state index in [2.05, 4.69) is 67.7 Å². The summed E-state index contributed by atoms with van der Waals surface area (Å²) in [6.07, 6.45) is 3.42. The number of hydrogen-bond donors (Lipinski definition) is 0. The monoisotopic (exact) mass is 430 g/mol. The van der Waals surface area contributed by atoms with Gasteiger partial charge in [-0.2, -0.15) is 0 Å². The molecule has 0 bridgehead atoms. The van der Waals surface area contributed by atoms with Gasteiger partial charge < -0.3 is 13.6 Å². The summed E-state index contributed by atoms with van der Waals surface area (Å²) in [6, 6.07) is 0. The summed E-state index contributed by atoms with van der Waals surface area (Å²) in [6.45, 7) is 29.1. The van der Waals surface area contributed by atoms with Gasteiger partial charge >= 0.3 is 5.97 Å². The summed E-state index contributed by atoms with van der Waals surface area (Å²) in [5.74, 6) is -0.298. The van der Waals surface area contributed by atoms with Crippen LogP contribution in [0.2, 0.25) is 36.3 Å². The van der Waals surface area contributed by atoms with E-state index in [1.54, 1.807) is 0 Å². The molecule has 0 saturated carbocycles. The van der Waals surface area contributed by atoms with Crippen LogP contribution in [0, 0.1) is 5.92 Å². The second kappa shape index (κ2) is 9.58. The second-order valence-electron chi connectivity index (χ2n) is 11.8. The van der Waals surface area contributed by atoms with E-state index in [1.165, 1.54) is 6.08 Å². The molecule has 4 nitrogen and oxygen atoms in total. The Kier molecular flexibility index (Phi) is 9.43. The Morgan fingerprint density at radius 1 is 0.786 bits per heavy atom. The third kappa shape index (κ3) is 9.85. The molecule has 0 aliphatic heterocycles. The molecule has 0 atom stereocenters. The van der Waals surface area contributed by atoms with E-state index in [1.807, 2.05) is 26.8 Å². The Morgan fingerprint density at radius 3 is 1.43 bits per heavy atom. The third-order valence-electron chi connectivity index (χ3n) is 5.84. The quantitative estimate of drug-likeness (QED) is 0.249. The largest absolute Gasteiger partial charge is 0.457 e. The smallest absolute Gasteiger partial charge is 0.330 e. The molecule has 0 aliphatic carbocycles. The maximum Gasteiger partial charge on any atom is 0.330 e. The van der Waals surface area contributed by atoms with Gasteiger partial charge in [-0.1, -0.05) is 47.6 Å². The average molecular weight is 431 g/mol. The zero-order valence-corrected chi connectivity index (χ0v) is 22.8. The van der Waals surface area contributed by atoms with Gasteiger partial charge in [-0.15, -0.1) is 0 Å². The van der Waals surface area contributed by atoms with Crippen LogP contribution in [0.5, 0.6) is 0 Å². The number of hydrogen-bond acceptors (Lipinski definition) is 4. The average Bonchev–Trinajstić information content (AvgIpc) is 2.41. The third-order valence-corrected chi connectivity index (χ3v) is 14.8. The maximum absolute atomic E-state index is 12.1. The van der Waals surface area contributed by atoms with Crippen molar-refractivity contribution in [1.29, 1.82) is 0 Å². The number of esters is 1. The predicted molar refractivity (Wildman–Crippen MR) is 125 cm³/mol. The molecular formula is C22H46O4Si2. The summed E-state index contributed by atoms with van der Waals surface area (Å²) < 4.78 is 18.2. The van der Waals surface area contributed by atoms with Crippen LogP contribution in [-0.2, 0) is 18.4 Å². The highest BCUT2D eigenvalue weighted by molar-refractivity contribution is 6.74. The normalized spacial score (nSPS) is 14.8. The first-order valence-electron chi connectivity index (χ1n) is 10.4. The molecule has 6 heteroatoms. The molecular weight excluding hydrogens is 384 g/mol. The fourth-order valence-corrected chi connectivity index (χ4v) is 3.90. The van der Waals surface area contributed by atoms with Crippen molar-refractivity contribution in [3.8, 4) is 0 Å². The zero-order chi connectivity index (χ0) is 22.6. The molecule has 0 amide bonds. The van der Waals surface area contributed by atoms with Crippen molar-refractivity contribution >= 4 is 22.6 Å². The molecule has 0 aromatic rings. The van der Waals surface area contributed by atoms with E-state index in [0.717, 1.165) is 0 Å². The van der Waals surface area contributed by atoms with E-state index < -0.39 is 22.2 Å². The van der Waals surface area contributed by atoms with Gasteiger partial charge in [0.15, 0.2) is 16.6 Å². The van der Waals surface area contributed by atoms with Crippen molar-refractivity contribution in [3.63, 3.8) is 0 Å². The van der Waals surface area contributed by atoms with Crippen LogP contribution in [0.15, 0.2) is 12.2 Å². The minimum absolute atomic E-state index is 0.0239. The van der Waals surface area contributed by atoms with Gasteiger partial charge in [-0.05, 0) is 57.0 Å². The molecule has 0 rings (SSSR count). The summed E-state index contributed by atoms with van der Waals surface area (Å²) >= 11 is 0. The Morgan fingerprint density at radius 2 is 1.14 bits per heavy atom. The first kappa shape index (κ1) is 27.6. The fraction of sp³-hybridized carbons (Fsp3) is 0.864. The van der Waals surface area contributed by atoms with Crippen molar-refractivity contribution in [2.75, 3.05) is 13.2 Å². The van der Waals surface area contributed by atoms with Crippen LogP contribution in [0.25, 0.3) is 0 Å². The van der Waals surface area contributed by atoms with Crippen molar-refractivity contribution in [1.82, 2.24) is 0 Å². The summed E-state index contributed by atoms with van der Waals surface area (Å²) in [7, 11) is -3.74. The predicted octanol–water partition coefficient (Wildman–Crippen LogP) is 6.54. The highest BCUT2D eigenvalue weighted by Gasteiger charge is 2.39. The molecule has 0 spiro atoms. The van der Waals surface area contributed by atoms with Crippen LogP contribution < -0.4 is 0 Å². The summed E-state index contributed by atoms with van der Waals surface area (Å²) in [4.78, 5) is 12.1. The number of carbonyl (C=O) groups is 1.